The van der Waals surface area contributed by atoms with Crippen LogP contribution in [0.2, 0.25) is 0 Å². The van der Waals surface area contributed by atoms with Crippen LogP contribution in [0.1, 0.15) is 57.4 Å². The summed E-state index contributed by atoms with van der Waals surface area (Å²) in [6.07, 6.45) is 8.16. The second kappa shape index (κ2) is 6.31. The maximum absolute atomic E-state index is 13.1. The molecule has 2 aliphatic rings. The van der Waals surface area contributed by atoms with Crippen LogP contribution in [0.3, 0.4) is 0 Å². The highest BCUT2D eigenvalue weighted by Crippen LogP contribution is 2.42. The molecule has 2 nitrogen and oxygen atoms in total. The second-order valence-corrected chi connectivity index (χ2v) is 6.75. The van der Waals surface area contributed by atoms with Crippen LogP contribution in [-0.4, -0.2) is 29.8 Å². The van der Waals surface area contributed by atoms with E-state index in [0.717, 1.165) is 19.4 Å². The van der Waals surface area contributed by atoms with Gasteiger partial charge in [-0.1, -0.05) is 50.1 Å². The highest BCUT2D eigenvalue weighted by Gasteiger charge is 2.43. The smallest absolute Gasteiger partial charge is 0.157 e. The molecule has 1 saturated carbocycles. The average Bonchev–Trinajstić information content (AvgIpc) is 3.17. The van der Waals surface area contributed by atoms with Gasteiger partial charge in [-0.25, -0.2) is 0 Å². The van der Waals surface area contributed by atoms with E-state index in [1.807, 2.05) is 6.07 Å². The number of benzene rings is 1. The average molecular weight is 285 g/mol. The number of carbonyl (C=O) groups excluding carboxylic acids is 1. The second-order valence-electron chi connectivity index (χ2n) is 6.75. The fraction of sp³-hybridized carbons (Fsp3) is 0.632. The lowest BCUT2D eigenvalue weighted by atomic mass is 9.75. The Balaban J connectivity index is 1.80. The molecule has 1 saturated heterocycles. The molecule has 0 amide bonds. The van der Waals surface area contributed by atoms with Gasteiger partial charge in [-0.2, -0.15) is 0 Å². The predicted octanol–water partition coefficient (Wildman–Crippen LogP) is 3.94. The SMILES string of the molecule is CC[C@@H]1CCCN1CC(=O)C1(c2ccccc2)CCCC1. The summed E-state index contributed by atoms with van der Waals surface area (Å²) in [6, 6.07) is 11.1. The van der Waals surface area contributed by atoms with Crippen LogP contribution in [0.4, 0.5) is 0 Å². The number of carbonyl (C=O) groups is 1. The lowest BCUT2D eigenvalue weighted by Gasteiger charge is -2.32. The Morgan fingerprint density at radius 1 is 1.19 bits per heavy atom. The van der Waals surface area contributed by atoms with E-state index >= 15 is 0 Å². The lowest BCUT2D eigenvalue weighted by Crippen LogP contribution is -2.43. The molecule has 2 heteroatoms. The first-order chi connectivity index (χ1) is 10.3. The van der Waals surface area contributed by atoms with Gasteiger partial charge < -0.3 is 0 Å². The first-order valence-electron chi connectivity index (χ1n) is 8.59. The Labute approximate surface area is 128 Å². The van der Waals surface area contributed by atoms with Gasteiger partial charge >= 0.3 is 0 Å². The number of likely N-dealkylation sites (tertiary alicyclic amines) is 1. The van der Waals surface area contributed by atoms with E-state index in [1.54, 1.807) is 0 Å². The van der Waals surface area contributed by atoms with Crippen molar-refractivity contribution in [2.45, 2.75) is 63.3 Å². The lowest BCUT2D eigenvalue weighted by molar-refractivity contribution is -0.125. The van der Waals surface area contributed by atoms with Crippen LogP contribution >= 0.6 is 0 Å². The van der Waals surface area contributed by atoms with Crippen molar-refractivity contribution in [2.24, 2.45) is 0 Å². The molecular weight excluding hydrogens is 258 g/mol. The number of Topliss-reactive ketones (excluding diaryl/α,β-unsaturated/α-hetero) is 1. The van der Waals surface area contributed by atoms with E-state index < -0.39 is 0 Å². The summed E-state index contributed by atoms with van der Waals surface area (Å²) in [5.74, 6) is 0.464. The molecule has 0 aromatic heterocycles. The van der Waals surface area contributed by atoms with Gasteiger partial charge in [-0.15, -0.1) is 0 Å². The maximum Gasteiger partial charge on any atom is 0.157 e. The zero-order valence-corrected chi connectivity index (χ0v) is 13.2. The summed E-state index contributed by atoms with van der Waals surface area (Å²) in [6.45, 7) is 4.01. The Hall–Kier alpha value is -1.15. The molecule has 1 aliphatic carbocycles. The molecule has 21 heavy (non-hydrogen) atoms. The molecule has 0 N–H and O–H groups in total. The highest BCUT2D eigenvalue weighted by atomic mass is 16.1. The van der Waals surface area contributed by atoms with Crippen molar-refractivity contribution in [3.63, 3.8) is 0 Å². The van der Waals surface area contributed by atoms with Gasteiger partial charge in [0.05, 0.1) is 12.0 Å². The van der Waals surface area contributed by atoms with E-state index in [0.29, 0.717) is 18.4 Å². The number of ketones is 1. The van der Waals surface area contributed by atoms with Crippen molar-refractivity contribution in [2.75, 3.05) is 13.1 Å². The molecule has 0 radical (unpaired) electrons. The molecule has 1 heterocycles. The van der Waals surface area contributed by atoms with Crippen molar-refractivity contribution in [3.05, 3.63) is 35.9 Å². The molecule has 2 fully saturated rings. The van der Waals surface area contributed by atoms with Crippen molar-refractivity contribution in [1.29, 1.82) is 0 Å². The van der Waals surface area contributed by atoms with Crippen LogP contribution in [0.15, 0.2) is 30.3 Å². The molecule has 0 spiro atoms. The topological polar surface area (TPSA) is 20.3 Å². The van der Waals surface area contributed by atoms with Crippen LogP contribution < -0.4 is 0 Å². The van der Waals surface area contributed by atoms with E-state index in [4.69, 9.17) is 0 Å². The Morgan fingerprint density at radius 3 is 2.57 bits per heavy atom. The summed E-state index contributed by atoms with van der Waals surface area (Å²) in [7, 11) is 0. The molecule has 1 aliphatic heterocycles. The van der Waals surface area contributed by atoms with Gasteiger partial charge in [-0.05, 0) is 44.2 Å². The summed E-state index contributed by atoms with van der Waals surface area (Å²) >= 11 is 0. The zero-order valence-electron chi connectivity index (χ0n) is 13.2. The summed E-state index contributed by atoms with van der Waals surface area (Å²) in [4.78, 5) is 15.6. The summed E-state index contributed by atoms with van der Waals surface area (Å²) < 4.78 is 0. The van der Waals surface area contributed by atoms with Crippen LogP contribution in [0, 0.1) is 0 Å². The van der Waals surface area contributed by atoms with E-state index in [-0.39, 0.29) is 5.41 Å². The first-order valence-corrected chi connectivity index (χ1v) is 8.59. The fourth-order valence-electron chi connectivity index (χ4n) is 4.37. The fourth-order valence-corrected chi connectivity index (χ4v) is 4.37. The Morgan fingerprint density at radius 2 is 1.90 bits per heavy atom. The molecule has 0 bridgehead atoms. The third-order valence-electron chi connectivity index (χ3n) is 5.63. The summed E-state index contributed by atoms with van der Waals surface area (Å²) in [5, 5.41) is 0. The molecule has 0 unspecified atom stereocenters. The van der Waals surface area contributed by atoms with E-state index in [1.165, 1.54) is 37.7 Å². The highest BCUT2D eigenvalue weighted by molar-refractivity contribution is 5.92. The minimum atomic E-state index is -0.192. The third kappa shape index (κ3) is 2.78. The van der Waals surface area contributed by atoms with Crippen LogP contribution in [-0.2, 0) is 10.2 Å². The molecule has 1 atom stereocenters. The number of hydrogen-bond acceptors (Lipinski definition) is 2. The number of hydrogen-bond donors (Lipinski definition) is 0. The van der Waals surface area contributed by atoms with Gasteiger partial charge in [0.25, 0.3) is 0 Å². The Kier molecular flexibility index (Phi) is 4.44. The van der Waals surface area contributed by atoms with Gasteiger partial charge in [0.1, 0.15) is 0 Å². The molecule has 1 aromatic rings. The van der Waals surface area contributed by atoms with Crippen molar-refractivity contribution in [3.8, 4) is 0 Å². The molecule has 114 valence electrons. The normalized spacial score (nSPS) is 25.3. The van der Waals surface area contributed by atoms with Gasteiger partial charge in [-0.3, -0.25) is 9.69 Å². The quantitative estimate of drug-likeness (QED) is 0.816. The van der Waals surface area contributed by atoms with Crippen molar-refractivity contribution < 1.29 is 4.79 Å². The third-order valence-corrected chi connectivity index (χ3v) is 5.63. The van der Waals surface area contributed by atoms with Gasteiger partial charge in [0, 0.05) is 6.04 Å². The van der Waals surface area contributed by atoms with Crippen molar-refractivity contribution >= 4 is 5.78 Å². The van der Waals surface area contributed by atoms with Gasteiger partial charge in [0.15, 0.2) is 5.78 Å². The molecule has 3 rings (SSSR count). The minimum Gasteiger partial charge on any atom is -0.297 e. The maximum atomic E-state index is 13.1. The zero-order chi connectivity index (χ0) is 14.7. The predicted molar refractivity (Wildman–Crippen MR) is 86.5 cm³/mol. The standard InChI is InChI=1S/C19H27NO/c1-2-17-11-8-14-20(17)15-18(21)19(12-6-7-13-19)16-9-4-3-5-10-16/h3-5,9-10,17H,2,6-8,11-15H2,1H3/t17-/m1/s1. The number of nitrogens with zero attached hydrogens (tertiary/aromatic N) is 1. The van der Waals surface area contributed by atoms with Gasteiger partial charge in [0.2, 0.25) is 0 Å². The molecular formula is C19H27NO. The van der Waals surface area contributed by atoms with Crippen LogP contribution in [0.5, 0.6) is 0 Å². The largest absolute Gasteiger partial charge is 0.297 e. The molecule has 1 aromatic carbocycles. The van der Waals surface area contributed by atoms with E-state index in [2.05, 4.69) is 36.1 Å². The number of rotatable bonds is 5. The van der Waals surface area contributed by atoms with Crippen molar-refractivity contribution in [1.82, 2.24) is 4.90 Å². The summed E-state index contributed by atoms with van der Waals surface area (Å²) in [5.41, 5.74) is 1.06. The van der Waals surface area contributed by atoms with Crippen LogP contribution in [0.25, 0.3) is 0 Å². The monoisotopic (exact) mass is 285 g/mol. The Bertz CT molecular complexity index is 476. The van der Waals surface area contributed by atoms with E-state index in [9.17, 15) is 4.79 Å². The first kappa shape index (κ1) is 14.8. The minimum absolute atomic E-state index is 0.192.